The molecule has 2 N–H and O–H groups in total. The number of alkyl halides is 3. The summed E-state index contributed by atoms with van der Waals surface area (Å²) < 4.78 is 50.3. The molecule has 2 saturated carbocycles. The molecule has 7 nitrogen and oxygen atoms in total. The molecule has 2 aliphatic carbocycles. The number of hydrogen-bond acceptors (Lipinski definition) is 6. The molecule has 2 aromatic heterocycles. The summed E-state index contributed by atoms with van der Waals surface area (Å²) >= 11 is 0. The van der Waals surface area contributed by atoms with Crippen molar-refractivity contribution in [1.82, 2.24) is 19.4 Å². The summed E-state index contributed by atoms with van der Waals surface area (Å²) in [4.78, 5) is 11.4. The van der Waals surface area contributed by atoms with E-state index >= 15 is 0 Å². The van der Waals surface area contributed by atoms with Crippen molar-refractivity contribution < 1.29 is 22.6 Å². The Morgan fingerprint density at radius 3 is 2.55 bits per heavy atom. The van der Waals surface area contributed by atoms with Crippen LogP contribution < -0.4 is 10.5 Å². The summed E-state index contributed by atoms with van der Waals surface area (Å²) in [5, 5.41) is 0. The van der Waals surface area contributed by atoms with Crippen molar-refractivity contribution in [3.63, 3.8) is 0 Å². The highest BCUT2D eigenvalue weighted by Crippen LogP contribution is 2.62. The molecule has 178 valence electrons. The Bertz CT molecular complexity index is 1060. The lowest BCUT2D eigenvalue weighted by Crippen LogP contribution is -2.43. The van der Waals surface area contributed by atoms with Gasteiger partial charge in [0.2, 0.25) is 0 Å². The van der Waals surface area contributed by atoms with Crippen molar-refractivity contribution in [3.05, 3.63) is 24.3 Å². The fourth-order valence-corrected chi connectivity index (χ4v) is 6.35. The highest BCUT2D eigenvalue weighted by Gasteiger charge is 2.60. The summed E-state index contributed by atoms with van der Waals surface area (Å²) in [6.07, 6.45) is 2.55. The minimum Gasteiger partial charge on any atom is -0.402 e. The lowest BCUT2D eigenvalue weighted by Gasteiger charge is -2.33. The largest absolute Gasteiger partial charge is 0.573 e. The summed E-state index contributed by atoms with van der Waals surface area (Å²) in [5.41, 5.74) is 6.64. The van der Waals surface area contributed by atoms with Crippen LogP contribution in [0.15, 0.2) is 18.5 Å². The zero-order valence-electron chi connectivity index (χ0n) is 18.6. The zero-order chi connectivity index (χ0) is 23.1. The van der Waals surface area contributed by atoms with E-state index < -0.39 is 12.1 Å². The van der Waals surface area contributed by atoms with Crippen molar-refractivity contribution >= 4 is 5.82 Å². The van der Waals surface area contributed by atoms with E-state index in [-0.39, 0.29) is 11.7 Å². The van der Waals surface area contributed by atoms with Crippen LogP contribution in [0.2, 0.25) is 0 Å². The molecule has 0 amide bonds. The first-order valence-electron chi connectivity index (χ1n) is 11.7. The molecule has 0 radical (unpaired) electrons. The molecule has 2 bridgehead atoms. The molecule has 10 heteroatoms. The van der Waals surface area contributed by atoms with Gasteiger partial charge in [-0.1, -0.05) is 13.8 Å². The highest BCUT2D eigenvalue weighted by molar-refractivity contribution is 5.64. The van der Waals surface area contributed by atoms with Crippen LogP contribution in [0.25, 0.3) is 11.3 Å². The Kier molecular flexibility index (Phi) is 4.72. The molecule has 0 unspecified atom stereocenters. The van der Waals surface area contributed by atoms with Gasteiger partial charge in [-0.15, -0.1) is 13.2 Å². The van der Waals surface area contributed by atoms with Gasteiger partial charge in [0.25, 0.3) is 0 Å². The Labute approximate surface area is 190 Å². The number of ether oxygens (including phenoxy) is 2. The molecule has 2 aromatic rings. The van der Waals surface area contributed by atoms with Gasteiger partial charge in [0, 0.05) is 48.5 Å². The summed E-state index contributed by atoms with van der Waals surface area (Å²) in [6, 6.07) is 2.90. The number of rotatable bonds is 5. The first-order valence-corrected chi connectivity index (χ1v) is 11.7. The molecule has 4 atom stereocenters. The van der Waals surface area contributed by atoms with Crippen molar-refractivity contribution in [2.75, 3.05) is 18.9 Å². The average Bonchev–Trinajstić information content (AvgIpc) is 3.32. The second-order valence-corrected chi connectivity index (χ2v) is 10.2. The normalized spacial score (nSPS) is 31.5. The van der Waals surface area contributed by atoms with E-state index in [1.807, 2.05) is 6.20 Å². The van der Waals surface area contributed by atoms with Gasteiger partial charge in [0.05, 0.1) is 18.4 Å². The fraction of sp³-hybridized carbons (Fsp3) is 0.652. The molecular weight excluding hydrogens is 435 g/mol. The first kappa shape index (κ1) is 21.2. The number of fused-ring (bicyclic) bond motifs is 3. The van der Waals surface area contributed by atoms with Crippen LogP contribution in [0.3, 0.4) is 0 Å². The van der Waals surface area contributed by atoms with Gasteiger partial charge in [-0.3, -0.25) is 4.90 Å². The quantitative estimate of drug-likeness (QED) is 0.723. The van der Waals surface area contributed by atoms with Crippen LogP contribution in [0.1, 0.15) is 50.9 Å². The molecule has 4 aliphatic rings. The third-order valence-corrected chi connectivity index (χ3v) is 7.79. The van der Waals surface area contributed by atoms with E-state index in [1.54, 1.807) is 0 Å². The maximum Gasteiger partial charge on any atom is 0.573 e. The number of pyridine rings is 1. The van der Waals surface area contributed by atoms with Crippen LogP contribution in [0, 0.1) is 11.8 Å². The van der Waals surface area contributed by atoms with Crippen LogP contribution in [0.5, 0.6) is 5.75 Å². The number of morpholine rings is 1. The smallest absolute Gasteiger partial charge is 0.402 e. The molecule has 6 rings (SSSR count). The summed E-state index contributed by atoms with van der Waals surface area (Å²) in [5.74, 6) is 1.59. The predicted molar refractivity (Wildman–Crippen MR) is 115 cm³/mol. The van der Waals surface area contributed by atoms with Crippen molar-refractivity contribution in [2.45, 2.75) is 69.6 Å². The van der Waals surface area contributed by atoms with Gasteiger partial charge < -0.3 is 19.8 Å². The molecular formula is C23H28F3N5O2. The number of likely N-dealkylation sites (tertiary alicyclic amines) is 1. The second kappa shape index (κ2) is 7.33. The number of imidazole rings is 1. The van der Waals surface area contributed by atoms with Crippen LogP contribution in [-0.2, 0) is 4.74 Å². The molecule has 2 aliphatic heterocycles. The summed E-state index contributed by atoms with van der Waals surface area (Å²) in [6.45, 7) is 6.12. The van der Waals surface area contributed by atoms with Gasteiger partial charge in [0.15, 0.2) is 11.6 Å². The number of halogens is 3. The zero-order valence-corrected chi connectivity index (χ0v) is 18.6. The monoisotopic (exact) mass is 463 g/mol. The standard InChI is InChI=1S/C23H28F3N5O2/c1-11(2)22-29-18(12-3-19(21(27)28-7-12)33-23(24,25)26)9-31(22)20-16-5-13(6-17(16)20)30-8-15-4-14(30)10-32-15/h3,7,9,11,13-17,20H,4-6,8,10H2,1-2H3,(H2,27,28)/t13?,14-,15-,16-,17-,20?/m0/s1. The lowest BCUT2D eigenvalue weighted by atomic mass is 10.1. The fourth-order valence-electron chi connectivity index (χ4n) is 6.35. The van der Waals surface area contributed by atoms with E-state index in [9.17, 15) is 13.2 Å². The second-order valence-electron chi connectivity index (χ2n) is 10.2. The molecule has 0 aromatic carbocycles. The first-order chi connectivity index (χ1) is 15.7. The number of nitrogen functional groups attached to an aromatic ring is 1. The minimum absolute atomic E-state index is 0.190. The highest BCUT2D eigenvalue weighted by atomic mass is 19.4. The van der Waals surface area contributed by atoms with Crippen LogP contribution in [-0.4, -0.2) is 57.1 Å². The van der Waals surface area contributed by atoms with Crippen molar-refractivity contribution in [1.29, 1.82) is 0 Å². The van der Waals surface area contributed by atoms with Gasteiger partial charge in [-0.2, -0.15) is 0 Å². The topological polar surface area (TPSA) is 78.4 Å². The molecule has 0 spiro atoms. The minimum atomic E-state index is -4.83. The molecule has 33 heavy (non-hydrogen) atoms. The summed E-state index contributed by atoms with van der Waals surface area (Å²) in [7, 11) is 0. The van der Waals surface area contributed by atoms with E-state index in [1.165, 1.54) is 31.5 Å². The Hall–Kier alpha value is -2.33. The van der Waals surface area contributed by atoms with Gasteiger partial charge in [-0.05, 0) is 37.2 Å². The third-order valence-electron chi connectivity index (χ3n) is 7.79. The maximum atomic E-state index is 12.7. The van der Waals surface area contributed by atoms with Crippen molar-refractivity contribution in [3.8, 4) is 17.0 Å². The molecule has 4 fully saturated rings. The molecule has 2 saturated heterocycles. The maximum absolute atomic E-state index is 12.7. The van der Waals surface area contributed by atoms with Crippen LogP contribution >= 0.6 is 0 Å². The van der Waals surface area contributed by atoms with Crippen LogP contribution in [0.4, 0.5) is 19.0 Å². The Morgan fingerprint density at radius 2 is 1.94 bits per heavy atom. The Morgan fingerprint density at radius 1 is 1.18 bits per heavy atom. The Balaban J connectivity index is 1.22. The number of nitrogens with zero attached hydrogens (tertiary/aromatic N) is 4. The van der Waals surface area contributed by atoms with Gasteiger partial charge in [-0.25, -0.2) is 9.97 Å². The van der Waals surface area contributed by atoms with E-state index in [2.05, 4.69) is 33.0 Å². The molecule has 4 heterocycles. The van der Waals surface area contributed by atoms with E-state index in [0.29, 0.717) is 47.3 Å². The third kappa shape index (κ3) is 3.67. The SMILES string of the molecule is CC(C)c1nc(-c2cnc(N)c(OC(F)(F)F)c2)cn1C1[C@H]2CC(N3C[C@@H]4C[C@H]3CO4)C[C@H]12. The van der Waals surface area contributed by atoms with Gasteiger partial charge >= 0.3 is 6.36 Å². The van der Waals surface area contributed by atoms with E-state index in [4.69, 9.17) is 15.5 Å². The van der Waals surface area contributed by atoms with E-state index in [0.717, 1.165) is 19.0 Å². The van der Waals surface area contributed by atoms with Crippen molar-refractivity contribution in [2.24, 2.45) is 11.8 Å². The number of nitrogens with two attached hydrogens (primary N) is 1. The lowest BCUT2D eigenvalue weighted by molar-refractivity contribution is -0.274. The number of hydrogen-bond donors (Lipinski definition) is 1. The number of aromatic nitrogens is 3. The average molecular weight is 464 g/mol. The number of anilines is 1. The predicted octanol–water partition coefficient (Wildman–Crippen LogP) is 3.97. The van der Waals surface area contributed by atoms with Gasteiger partial charge in [0.1, 0.15) is 5.82 Å².